The molecule has 4 N–H and O–H groups in total. The summed E-state index contributed by atoms with van der Waals surface area (Å²) in [6.07, 6.45) is 0. The molecule has 0 fully saturated rings. The zero-order valence-corrected chi connectivity index (χ0v) is 8.83. The largest absolute Gasteiger partial charge is 0.479 e. The highest BCUT2D eigenvalue weighted by atomic mass is 16.6. The molecular formula is C8H10O9. The van der Waals surface area contributed by atoms with Crippen LogP contribution in [0.3, 0.4) is 0 Å². The molecule has 2 unspecified atom stereocenters. The lowest BCUT2D eigenvalue weighted by Crippen LogP contribution is -2.51. The van der Waals surface area contributed by atoms with Crippen molar-refractivity contribution < 1.29 is 44.3 Å². The van der Waals surface area contributed by atoms with Gasteiger partial charge in [0.25, 0.3) is 11.2 Å². The molecule has 0 aromatic heterocycles. The highest BCUT2D eigenvalue weighted by Gasteiger charge is 2.47. The Morgan fingerprint density at radius 3 is 1.24 bits per heavy atom. The van der Waals surface area contributed by atoms with Crippen LogP contribution in [0.5, 0.6) is 0 Å². The Morgan fingerprint density at radius 1 is 0.824 bits per heavy atom. The van der Waals surface area contributed by atoms with Crippen LogP contribution in [0.15, 0.2) is 0 Å². The van der Waals surface area contributed by atoms with Crippen LogP contribution < -0.4 is 0 Å². The van der Waals surface area contributed by atoms with Gasteiger partial charge in [-0.1, -0.05) is 0 Å². The second kappa shape index (κ2) is 4.47. The van der Waals surface area contributed by atoms with Crippen molar-refractivity contribution in [2.45, 2.75) is 25.0 Å². The van der Waals surface area contributed by atoms with Crippen LogP contribution in [0, 0.1) is 0 Å². The Kier molecular flexibility index (Phi) is 3.95. The molecule has 0 heterocycles. The SMILES string of the molecule is CC(O)(C(=O)O)C(=O)OC(=O)C(C)(O)C(=O)O. The van der Waals surface area contributed by atoms with Crippen molar-refractivity contribution in [3.63, 3.8) is 0 Å². The van der Waals surface area contributed by atoms with Gasteiger partial charge in [0.15, 0.2) is 0 Å². The van der Waals surface area contributed by atoms with E-state index in [1.54, 1.807) is 0 Å². The van der Waals surface area contributed by atoms with E-state index >= 15 is 0 Å². The predicted octanol–water partition coefficient (Wildman–Crippen LogP) is -2.27. The molecule has 9 nitrogen and oxygen atoms in total. The lowest BCUT2D eigenvalue weighted by molar-refractivity contribution is -0.191. The van der Waals surface area contributed by atoms with Crippen LogP contribution >= 0.6 is 0 Å². The minimum atomic E-state index is -3.02. The van der Waals surface area contributed by atoms with Crippen molar-refractivity contribution in [1.82, 2.24) is 0 Å². The van der Waals surface area contributed by atoms with E-state index in [1.807, 2.05) is 0 Å². The molecule has 0 aliphatic heterocycles. The molecular weight excluding hydrogens is 240 g/mol. The number of rotatable bonds is 4. The van der Waals surface area contributed by atoms with E-state index in [1.165, 1.54) is 0 Å². The molecule has 0 saturated heterocycles. The molecule has 0 amide bonds. The van der Waals surface area contributed by atoms with Crippen molar-refractivity contribution in [3.8, 4) is 0 Å². The third-order valence-corrected chi connectivity index (χ3v) is 1.81. The fraction of sp³-hybridized carbons (Fsp3) is 0.500. The minimum absolute atomic E-state index is 0.528. The summed E-state index contributed by atoms with van der Waals surface area (Å²) in [6.45, 7) is 1.06. The first kappa shape index (κ1) is 15.0. The lowest BCUT2D eigenvalue weighted by atomic mass is 10.1. The number of aliphatic hydroxyl groups is 2. The normalized spacial score (nSPS) is 17.4. The zero-order valence-electron chi connectivity index (χ0n) is 8.83. The van der Waals surface area contributed by atoms with Crippen LogP contribution in [0.4, 0.5) is 0 Å². The number of hydrogen-bond acceptors (Lipinski definition) is 7. The van der Waals surface area contributed by atoms with Gasteiger partial charge >= 0.3 is 23.9 Å². The zero-order chi connectivity index (χ0) is 14.0. The molecule has 0 aromatic carbocycles. The van der Waals surface area contributed by atoms with Crippen molar-refractivity contribution in [2.24, 2.45) is 0 Å². The van der Waals surface area contributed by atoms with Gasteiger partial charge in [0.05, 0.1) is 0 Å². The molecule has 0 bridgehead atoms. The van der Waals surface area contributed by atoms with Crippen LogP contribution in [0.25, 0.3) is 0 Å². The van der Waals surface area contributed by atoms with E-state index in [4.69, 9.17) is 20.4 Å². The van der Waals surface area contributed by atoms with E-state index < -0.39 is 35.1 Å². The summed E-state index contributed by atoms with van der Waals surface area (Å²) >= 11 is 0. The van der Waals surface area contributed by atoms with E-state index in [2.05, 4.69) is 4.74 Å². The van der Waals surface area contributed by atoms with Crippen LogP contribution in [-0.4, -0.2) is 55.5 Å². The highest BCUT2D eigenvalue weighted by Crippen LogP contribution is 2.11. The summed E-state index contributed by atoms with van der Waals surface area (Å²) in [5.74, 6) is -7.80. The number of aliphatic carboxylic acids is 2. The number of carboxylic acids is 2. The van der Waals surface area contributed by atoms with Crippen LogP contribution in [-0.2, 0) is 23.9 Å². The maximum Gasteiger partial charge on any atom is 0.357 e. The summed E-state index contributed by atoms with van der Waals surface area (Å²) in [6, 6.07) is 0. The Morgan fingerprint density at radius 2 is 1.06 bits per heavy atom. The first-order valence-corrected chi connectivity index (χ1v) is 4.12. The van der Waals surface area contributed by atoms with Gasteiger partial charge in [-0.3, -0.25) is 0 Å². The molecule has 9 heteroatoms. The molecule has 0 saturated carbocycles. The maximum atomic E-state index is 11.0. The average molecular weight is 250 g/mol. The molecule has 0 radical (unpaired) electrons. The Hall–Kier alpha value is -2.00. The quantitative estimate of drug-likeness (QED) is 0.318. The van der Waals surface area contributed by atoms with Crippen molar-refractivity contribution in [2.75, 3.05) is 0 Å². The monoisotopic (exact) mass is 250 g/mol. The number of hydrogen-bond donors (Lipinski definition) is 4. The molecule has 0 spiro atoms. The molecule has 0 aromatic rings. The predicted molar refractivity (Wildman–Crippen MR) is 47.6 cm³/mol. The third-order valence-electron chi connectivity index (χ3n) is 1.81. The summed E-state index contributed by atoms with van der Waals surface area (Å²) in [5, 5.41) is 34.9. The molecule has 0 aliphatic carbocycles. The maximum absolute atomic E-state index is 11.0. The number of carbonyl (C=O) groups excluding carboxylic acids is 2. The highest BCUT2D eigenvalue weighted by molar-refractivity contribution is 6.10. The van der Waals surface area contributed by atoms with Gasteiger partial charge in [-0.2, -0.15) is 0 Å². The number of carbonyl (C=O) groups is 4. The smallest absolute Gasteiger partial charge is 0.357 e. The molecule has 2 atom stereocenters. The van der Waals surface area contributed by atoms with Gasteiger partial charge in [-0.25, -0.2) is 19.2 Å². The van der Waals surface area contributed by atoms with E-state index in [-0.39, 0.29) is 0 Å². The fourth-order valence-electron chi connectivity index (χ4n) is 0.458. The van der Waals surface area contributed by atoms with Gasteiger partial charge in [0, 0.05) is 0 Å². The number of esters is 2. The Balaban J connectivity index is 4.90. The summed E-state index contributed by atoms with van der Waals surface area (Å²) in [4.78, 5) is 42.8. The first-order chi connectivity index (χ1) is 7.44. The number of ether oxygens (including phenoxy) is 1. The second-order valence-corrected chi connectivity index (χ2v) is 3.43. The molecule has 96 valence electrons. The Bertz CT molecular complexity index is 342. The van der Waals surface area contributed by atoms with Gasteiger partial charge in [0.2, 0.25) is 0 Å². The summed E-state index contributed by atoms with van der Waals surface area (Å²) in [7, 11) is 0. The average Bonchev–Trinajstić information content (AvgIpc) is 2.16. The topological polar surface area (TPSA) is 158 Å². The van der Waals surface area contributed by atoms with Crippen molar-refractivity contribution in [1.29, 1.82) is 0 Å². The fourth-order valence-corrected chi connectivity index (χ4v) is 0.458. The first-order valence-electron chi connectivity index (χ1n) is 4.12. The number of carboxylic acid groups (broad SMARTS) is 2. The van der Waals surface area contributed by atoms with Gasteiger partial charge < -0.3 is 25.2 Å². The van der Waals surface area contributed by atoms with E-state index in [0.29, 0.717) is 13.8 Å². The van der Waals surface area contributed by atoms with Crippen molar-refractivity contribution >= 4 is 23.9 Å². The van der Waals surface area contributed by atoms with Gasteiger partial charge in [-0.05, 0) is 13.8 Å². The summed E-state index contributed by atoms with van der Waals surface area (Å²) < 4.78 is 3.76. The Labute approximate surface area is 94.2 Å². The second-order valence-electron chi connectivity index (χ2n) is 3.43. The van der Waals surface area contributed by atoms with Crippen LogP contribution in [0.1, 0.15) is 13.8 Å². The third kappa shape index (κ3) is 2.98. The lowest BCUT2D eigenvalue weighted by Gasteiger charge is -2.19. The van der Waals surface area contributed by atoms with E-state index in [0.717, 1.165) is 0 Å². The minimum Gasteiger partial charge on any atom is -0.479 e. The van der Waals surface area contributed by atoms with Crippen molar-refractivity contribution in [3.05, 3.63) is 0 Å². The van der Waals surface area contributed by atoms with Gasteiger partial charge in [-0.15, -0.1) is 0 Å². The molecule has 17 heavy (non-hydrogen) atoms. The van der Waals surface area contributed by atoms with E-state index in [9.17, 15) is 19.2 Å². The standard InChI is InChI=1S/C8H10O9/c1-7(15,3(9)10)5(13)17-6(14)8(2,16)4(11)12/h15-16H,1-2H3,(H,9,10)(H,11,12). The molecule has 0 rings (SSSR count). The summed E-state index contributed by atoms with van der Waals surface area (Å²) in [5.41, 5.74) is -6.05. The molecule has 0 aliphatic rings. The van der Waals surface area contributed by atoms with Gasteiger partial charge in [0.1, 0.15) is 0 Å². The van der Waals surface area contributed by atoms with Crippen LogP contribution in [0.2, 0.25) is 0 Å².